The van der Waals surface area contributed by atoms with E-state index in [1.807, 2.05) is 0 Å². The second-order valence-electron chi connectivity index (χ2n) is 5.62. The summed E-state index contributed by atoms with van der Waals surface area (Å²) >= 11 is 0. The maximum Gasteiger partial charge on any atom is 0.00951 e. The molecule has 1 atom stereocenters. The molecular weight excluding hydrogens is 196 g/mol. The number of hydrogen-bond acceptors (Lipinski definition) is 2. The Morgan fingerprint density at radius 1 is 1.19 bits per heavy atom. The molecule has 0 radical (unpaired) electrons. The van der Waals surface area contributed by atoms with Gasteiger partial charge in [-0.05, 0) is 38.3 Å². The van der Waals surface area contributed by atoms with E-state index in [0.29, 0.717) is 12.0 Å². The van der Waals surface area contributed by atoms with Crippen LogP contribution in [0.2, 0.25) is 0 Å². The predicted octanol–water partition coefficient (Wildman–Crippen LogP) is 3.01. The van der Waals surface area contributed by atoms with Gasteiger partial charge in [0.15, 0.2) is 0 Å². The number of hydrogen-bond donors (Lipinski definition) is 1. The summed E-state index contributed by atoms with van der Waals surface area (Å²) in [5.41, 5.74) is 6.12. The standard InChI is InChI=1S/C14H30N2/c1-4-16(11-10-14(15)12(2)3)13-8-6-5-7-9-13/h12-14H,4-11,15H2,1-3H3/t14-/m0/s1. The second-order valence-corrected chi connectivity index (χ2v) is 5.62. The highest BCUT2D eigenvalue weighted by molar-refractivity contribution is 4.77. The fourth-order valence-electron chi connectivity index (χ4n) is 2.69. The van der Waals surface area contributed by atoms with Crippen LogP contribution >= 0.6 is 0 Å². The van der Waals surface area contributed by atoms with E-state index >= 15 is 0 Å². The van der Waals surface area contributed by atoms with Crippen molar-refractivity contribution in [2.75, 3.05) is 13.1 Å². The molecule has 0 unspecified atom stereocenters. The summed E-state index contributed by atoms with van der Waals surface area (Å²) in [5, 5.41) is 0. The Hall–Kier alpha value is -0.0800. The van der Waals surface area contributed by atoms with Crippen molar-refractivity contribution in [1.29, 1.82) is 0 Å². The summed E-state index contributed by atoms with van der Waals surface area (Å²) < 4.78 is 0. The Balaban J connectivity index is 2.30. The van der Waals surface area contributed by atoms with Gasteiger partial charge in [0, 0.05) is 12.1 Å². The van der Waals surface area contributed by atoms with Crippen LogP contribution in [0.25, 0.3) is 0 Å². The van der Waals surface area contributed by atoms with Crippen LogP contribution < -0.4 is 5.73 Å². The largest absolute Gasteiger partial charge is 0.327 e. The molecule has 0 heterocycles. The quantitative estimate of drug-likeness (QED) is 0.754. The lowest BCUT2D eigenvalue weighted by Gasteiger charge is -2.34. The summed E-state index contributed by atoms with van der Waals surface area (Å²) in [5.74, 6) is 0.616. The van der Waals surface area contributed by atoms with Gasteiger partial charge in [-0.15, -0.1) is 0 Å². The van der Waals surface area contributed by atoms with Gasteiger partial charge in [-0.25, -0.2) is 0 Å². The van der Waals surface area contributed by atoms with Crippen molar-refractivity contribution < 1.29 is 0 Å². The van der Waals surface area contributed by atoms with Crippen molar-refractivity contribution in [3.63, 3.8) is 0 Å². The third-order valence-electron chi connectivity index (χ3n) is 4.10. The van der Waals surface area contributed by atoms with Crippen LogP contribution in [-0.4, -0.2) is 30.1 Å². The molecule has 0 spiro atoms. The molecule has 1 rings (SSSR count). The van der Waals surface area contributed by atoms with Gasteiger partial charge in [0.05, 0.1) is 0 Å². The molecule has 1 fully saturated rings. The maximum absolute atomic E-state index is 6.12. The van der Waals surface area contributed by atoms with Crippen LogP contribution in [0.1, 0.15) is 59.3 Å². The van der Waals surface area contributed by atoms with Gasteiger partial charge < -0.3 is 10.6 Å². The molecule has 0 amide bonds. The van der Waals surface area contributed by atoms with Crippen molar-refractivity contribution >= 4 is 0 Å². The zero-order valence-electron chi connectivity index (χ0n) is 11.4. The molecular formula is C14H30N2. The number of nitrogens with two attached hydrogens (primary N) is 1. The fraction of sp³-hybridized carbons (Fsp3) is 1.00. The zero-order chi connectivity index (χ0) is 12.0. The third-order valence-corrected chi connectivity index (χ3v) is 4.10. The normalized spacial score (nSPS) is 20.6. The van der Waals surface area contributed by atoms with E-state index in [2.05, 4.69) is 25.7 Å². The lowest BCUT2D eigenvalue weighted by Crippen LogP contribution is -2.40. The van der Waals surface area contributed by atoms with Gasteiger partial charge in [0.2, 0.25) is 0 Å². The molecule has 2 heteroatoms. The van der Waals surface area contributed by atoms with E-state index in [1.165, 1.54) is 45.2 Å². The minimum Gasteiger partial charge on any atom is -0.327 e. The Kier molecular flexibility index (Phi) is 6.37. The fourth-order valence-corrected chi connectivity index (χ4v) is 2.69. The summed E-state index contributed by atoms with van der Waals surface area (Å²) in [6.07, 6.45) is 8.27. The van der Waals surface area contributed by atoms with Crippen molar-refractivity contribution in [3.05, 3.63) is 0 Å². The van der Waals surface area contributed by atoms with Crippen LogP contribution in [0, 0.1) is 5.92 Å². The molecule has 2 N–H and O–H groups in total. The molecule has 0 aliphatic heterocycles. The first kappa shape index (κ1) is 14.0. The Morgan fingerprint density at radius 3 is 2.31 bits per heavy atom. The van der Waals surface area contributed by atoms with Crippen molar-refractivity contribution in [2.24, 2.45) is 11.7 Å². The highest BCUT2D eigenvalue weighted by Gasteiger charge is 2.20. The maximum atomic E-state index is 6.12. The van der Waals surface area contributed by atoms with Gasteiger partial charge in [0.1, 0.15) is 0 Å². The molecule has 16 heavy (non-hydrogen) atoms. The van der Waals surface area contributed by atoms with Crippen molar-refractivity contribution in [2.45, 2.75) is 71.4 Å². The number of rotatable bonds is 6. The smallest absolute Gasteiger partial charge is 0.00951 e. The van der Waals surface area contributed by atoms with Crippen molar-refractivity contribution in [3.8, 4) is 0 Å². The Bertz CT molecular complexity index is 174. The molecule has 2 nitrogen and oxygen atoms in total. The second kappa shape index (κ2) is 7.29. The number of nitrogens with zero attached hydrogens (tertiary/aromatic N) is 1. The van der Waals surface area contributed by atoms with Crippen LogP contribution in [0.3, 0.4) is 0 Å². The van der Waals surface area contributed by atoms with Crippen LogP contribution in [-0.2, 0) is 0 Å². The summed E-state index contributed by atoms with van der Waals surface area (Å²) in [4.78, 5) is 2.65. The minimum absolute atomic E-state index is 0.373. The highest BCUT2D eigenvalue weighted by atomic mass is 15.1. The van der Waals surface area contributed by atoms with Crippen molar-refractivity contribution in [1.82, 2.24) is 4.90 Å². The molecule has 0 aromatic heterocycles. The van der Waals surface area contributed by atoms with Crippen LogP contribution in [0.5, 0.6) is 0 Å². The van der Waals surface area contributed by atoms with Crippen LogP contribution in [0.4, 0.5) is 0 Å². The predicted molar refractivity (Wildman–Crippen MR) is 71.6 cm³/mol. The van der Waals surface area contributed by atoms with E-state index in [9.17, 15) is 0 Å². The minimum atomic E-state index is 0.373. The first-order valence-electron chi connectivity index (χ1n) is 7.14. The zero-order valence-corrected chi connectivity index (χ0v) is 11.4. The summed E-state index contributed by atoms with van der Waals surface area (Å²) in [7, 11) is 0. The molecule has 1 aliphatic carbocycles. The SMILES string of the molecule is CCN(CC[C@H](N)C(C)C)C1CCCCC1. The first-order chi connectivity index (χ1) is 7.65. The van der Waals surface area contributed by atoms with Crippen LogP contribution in [0.15, 0.2) is 0 Å². The summed E-state index contributed by atoms with van der Waals surface area (Å²) in [6, 6.07) is 1.22. The summed E-state index contributed by atoms with van der Waals surface area (Å²) in [6.45, 7) is 9.12. The highest BCUT2D eigenvalue weighted by Crippen LogP contribution is 2.22. The third kappa shape index (κ3) is 4.42. The monoisotopic (exact) mass is 226 g/mol. The van der Waals surface area contributed by atoms with Gasteiger partial charge in [-0.1, -0.05) is 40.0 Å². The van der Waals surface area contributed by atoms with E-state index < -0.39 is 0 Å². The van der Waals surface area contributed by atoms with Gasteiger partial charge in [0.25, 0.3) is 0 Å². The lowest BCUT2D eigenvalue weighted by molar-refractivity contribution is 0.156. The van der Waals surface area contributed by atoms with E-state index in [0.717, 1.165) is 12.5 Å². The lowest BCUT2D eigenvalue weighted by atomic mass is 9.93. The average molecular weight is 226 g/mol. The molecule has 0 aromatic rings. The molecule has 0 saturated heterocycles. The molecule has 1 saturated carbocycles. The first-order valence-corrected chi connectivity index (χ1v) is 7.14. The molecule has 0 aromatic carbocycles. The molecule has 96 valence electrons. The van der Waals surface area contributed by atoms with Gasteiger partial charge in [-0.2, -0.15) is 0 Å². The average Bonchev–Trinajstić information content (AvgIpc) is 2.30. The topological polar surface area (TPSA) is 29.3 Å². The Labute approximate surface area is 102 Å². The van der Waals surface area contributed by atoms with E-state index in [4.69, 9.17) is 5.73 Å². The molecule has 0 bridgehead atoms. The van der Waals surface area contributed by atoms with E-state index in [1.54, 1.807) is 0 Å². The Morgan fingerprint density at radius 2 is 1.81 bits per heavy atom. The van der Waals surface area contributed by atoms with E-state index in [-0.39, 0.29) is 0 Å². The van der Waals surface area contributed by atoms with Gasteiger partial charge >= 0.3 is 0 Å². The molecule has 1 aliphatic rings. The van der Waals surface area contributed by atoms with Gasteiger partial charge in [-0.3, -0.25) is 0 Å².